The van der Waals surface area contributed by atoms with E-state index in [1.54, 1.807) is 20.8 Å². The summed E-state index contributed by atoms with van der Waals surface area (Å²) in [5, 5.41) is 2.57. The van der Waals surface area contributed by atoms with E-state index < -0.39 is 29.7 Å². The standard InChI is InChI=1S/C19H26N2O5/c1-19(2,3)26-18(24)21-12-8-7-11-15(16(21)22)20-17(23)25-13-14-9-5-4-6-10-14/h4-6,9-10,15H,7-8,11-13H2,1-3H3,(H,20,23). The Morgan fingerprint density at radius 3 is 2.54 bits per heavy atom. The molecule has 1 aromatic rings. The molecule has 2 rings (SSSR count). The van der Waals surface area contributed by atoms with E-state index in [1.165, 1.54) is 0 Å². The molecule has 1 aliphatic rings. The Labute approximate surface area is 153 Å². The Hall–Kier alpha value is -2.57. The summed E-state index contributed by atoms with van der Waals surface area (Å²) in [6.45, 7) is 5.62. The second-order valence-corrected chi connectivity index (χ2v) is 7.22. The number of hydrogen-bond acceptors (Lipinski definition) is 5. The summed E-state index contributed by atoms with van der Waals surface area (Å²) in [7, 11) is 0. The van der Waals surface area contributed by atoms with Crippen molar-refractivity contribution in [3.05, 3.63) is 35.9 Å². The summed E-state index contributed by atoms with van der Waals surface area (Å²) in [5.41, 5.74) is 0.159. The highest BCUT2D eigenvalue weighted by Gasteiger charge is 2.34. The molecule has 1 N–H and O–H groups in total. The molecule has 1 heterocycles. The predicted molar refractivity (Wildman–Crippen MR) is 95.3 cm³/mol. The number of ether oxygens (including phenoxy) is 2. The molecule has 1 fully saturated rings. The van der Waals surface area contributed by atoms with Gasteiger partial charge in [0.15, 0.2) is 0 Å². The normalized spacial score (nSPS) is 18.0. The van der Waals surface area contributed by atoms with Gasteiger partial charge in [-0.15, -0.1) is 0 Å². The van der Waals surface area contributed by atoms with Gasteiger partial charge in [0.2, 0.25) is 0 Å². The minimum atomic E-state index is -0.798. The largest absolute Gasteiger partial charge is 0.445 e. The van der Waals surface area contributed by atoms with Gasteiger partial charge in [0.25, 0.3) is 5.91 Å². The smallest absolute Gasteiger partial charge is 0.417 e. The first-order valence-electron chi connectivity index (χ1n) is 8.78. The molecule has 0 spiro atoms. The molecule has 1 aromatic carbocycles. The number of hydrogen-bond donors (Lipinski definition) is 1. The summed E-state index contributed by atoms with van der Waals surface area (Å²) in [6.07, 6.45) is 0.474. The third-order valence-electron chi connectivity index (χ3n) is 3.81. The van der Waals surface area contributed by atoms with Crippen molar-refractivity contribution in [2.24, 2.45) is 0 Å². The Bertz CT molecular complexity index is 639. The van der Waals surface area contributed by atoms with Gasteiger partial charge in [0, 0.05) is 6.54 Å². The van der Waals surface area contributed by atoms with Gasteiger partial charge in [-0.1, -0.05) is 30.3 Å². The van der Waals surface area contributed by atoms with Crippen LogP contribution in [0.3, 0.4) is 0 Å². The van der Waals surface area contributed by atoms with Crippen LogP contribution < -0.4 is 5.32 Å². The number of nitrogens with zero attached hydrogens (tertiary/aromatic N) is 1. The number of imide groups is 1. The lowest BCUT2D eigenvalue weighted by molar-refractivity contribution is -0.131. The Morgan fingerprint density at radius 2 is 1.88 bits per heavy atom. The summed E-state index contributed by atoms with van der Waals surface area (Å²) in [4.78, 5) is 38.0. The molecule has 3 amide bonds. The minimum Gasteiger partial charge on any atom is -0.445 e. The van der Waals surface area contributed by atoms with E-state index in [-0.39, 0.29) is 13.2 Å². The van der Waals surface area contributed by atoms with Crippen molar-refractivity contribution in [2.45, 2.75) is 58.3 Å². The highest BCUT2D eigenvalue weighted by molar-refractivity contribution is 5.96. The number of carbonyl (C=O) groups is 3. The van der Waals surface area contributed by atoms with Gasteiger partial charge >= 0.3 is 12.2 Å². The molecule has 1 saturated heterocycles. The van der Waals surface area contributed by atoms with Gasteiger partial charge in [0.1, 0.15) is 18.2 Å². The molecule has 1 aliphatic heterocycles. The zero-order valence-electron chi connectivity index (χ0n) is 15.5. The number of benzene rings is 1. The lowest BCUT2D eigenvalue weighted by Gasteiger charge is -2.27. The topological polar surface area (TPSA) is 84.9 Å². The van der Waals surface area contributed by atoms with E-state index in [4.69, 9.17) is 9.47 Å². The van der Waals surface area contributed by atoms with Crippen LogP contribution >= 0.6 is 0 Å². The molecule has 1 unspecified atom stereocenters. The van der Waals surface area contributed by atoms with Crippen molar-refractivity contribution in [3.8, 4) is 0 Å². The van der Waals surface area contributed by atoms with E-state index in [0.717, 1.165) is 10.5 Å². The van der Waals surface area contributed by atoms with Crippen molar-refractivity contribution in [2.75, 3.05) is 6.54 Å². The number of likely N-dealkylation sites (tertiary alicyclic amines) is 1. The second kappa shape index (κ2) is 8.69. The first kappa shape index (κ1) is 19.8. The van der Waals surface area contributed by atoms with Crippen LogP contribution in [0.1, 0.15) is 45.6 Å². The third kappa shape index (κ3) is 6.06. The van der Waals surface area contributed by atoms with Gasteiger partial charge in [0.05, 0.1) is 0 Å². The fourth-order valence-electron chi connectivity index (χ4n) is 2.58. The first-order valence-corrected chi connectivity index (χ1v) is 8.78. The van der Waals surface area contributed by atoms with E-state index >= 15 is 0 Å². The Balaban J connectivity index is 1.93. The lowest BCUT2D eigenvalue weighted by atomic mass is 10.1. The first-order chi connectivity index (χ1) is 12.3. The monoisotopic (exact) mass is 362 g/mol. The maximum Gasteiger partial charge on any atom is 0.417 e. The fourth-order valence-corrected chi connectivity index (χ4v) is 2.58. The van der Waals surface area contributed by atoms with Crippen molar-refractivity contribution >= 4 is 18.1 Å². The molecular weight excluding hydrogens is 336 g/mol. The molecule has 0 radical (unpaired) electrons. The molecule has 142 valence electrons. The predicted octanol–water partition coefficient (Wildman–Crippen LogP) is 3.23. The summed E-state index contributed by atoms with van der Waals surface area (Å²) in [6, 6.07) is 8.46. The maximum atomic E-state index is 12.6. The molecule has 0 saturated carbocycles. The van der Waals surface area contributed by atoms with Gasteiger partial charge in [-0.2, -0.15) is 0 Å². The summed E-state index contributed by atoms with van der Waals surface area (Å²) < 4.78 is 10.4. The molecule has 1 atom stereocenters. The summed E-state index contributed by atoms with van der Waals surface area (Å²) in [5.74, 6) is -0.464. The van der Waals surface area contributed by atoms with Crippen molar-refractivity contribution in [1.82, 2.24) is 10.2 Å². The van der Waals surface area contributed by atoms with Crippen LogP contribution in [0, 0.1) is 0 Å². The van der Waals surface area contributed by atoms with Crippen LogP contribution in [-0.4, -0.2) is 41.2 Å². The molecule has 0 bridgehead atoms. The zero-order chi connectivity index (χ0) is 19.2. The van der Waals surface area contributed by atoms with Crippen molar-refractivity contribution in [1.29, 1.82) is 0 Å². The Kier molecular flexibility index (Phi) is 6.60. The summed E-state index contributed by atoms with van der Waals surface area (Å²) >= 11 is 0. The molecule has 7 nitrogen and oxygen atoms in total. The molecule has 7 heteroatoms. The molecule has 0 aliphatic carbocycles. The fraction of sp³-hybridized carbons (Fsp3) is 0.526. The number of carbonyl (C=O) groups excluding carboxylic acids is 3. The van der Waals surface area contributed by atoms with Crippen LogP contribution in [0.15, 0.2) is 30.3 Å². The van der Waals surface area contributed by atoms with Gasteiger partial charge in [-0.05, 0) is 45.6 Å². The van der Waals surface area contributed by atoms with E-state index in [1.807, 2.05) is 30.3 Å². The maximum absolute atomic E-state index is 12.6. The van der Waals surface area contributed by atoms with Gasteiger partial charge in [-0.3, -0.25) is 4.79 Å². The zero-order valence-corrected chi connectivity index (χ0v) is 15.5. The van der Waals surface area contributed by atoms with Gasteiger partial charge < -0.3 is 14.8 Å². The van der Waals surface area contributed by atoms with E-state index in [0.29, 0.717) is 19.3 Å². The number of nitrogens with one attached hydrogen (secondary N) is 1. The van der Waals surface area contributed by atoms with Crippen molar-refractivity contribution < 1.29 is 23.9 Å². The number of amides is 3. The third-order valence-corrected chi connectivity index (χ3v) is 3.81. The van der Waals surface area contributed by atoms with Crippen molar-refractivity contribution in [3.63, 3.8) is 0 Å². The van der Waals surface area contributed by atoms with Crippen LogP contribution in [-0.2, 0) is 20.9 Å². The molecule has 0 aromatic heterocycles. The Morgan fingerprint density at radius 1 is 1.19 bits per heavy atom. The second-order valence-electron chi connectivity index (χ2n) is 7.22. The SMILES string of the molecule is CC(C)(C)OC(=O)N1CCCCC(NC(=O)OCc2ccccc2)C1=O. The van der Waals surface area contributed by atoms with E-state index in [9.17, 15) is 14.4 Å². The van der Waals surface area contributed by atoms with Crippen LogP contribution in [0.5, 0.6) is 0 Å². The average Bonchev–Trinajstić information content (AvgIpc) is 2.75. The number of rotatable bonds is 3. The average molecular weight is 362 g/mol. The van der Waals surface area contributed by atoms with E-state index in [2.05, 4.69) is 5.32 Å². The molecular formula is C19H26N2O5. The highest BCUT2D eigenvalue weighted by atomic mass is 16.6. The quantitative estimate of drug-likeness (QED) is 0.892. The van der Waals surface area contributed by atoms with Crippen LogP contribution in [0.25, 0.3) is 0 Å². The molecule has 26 heavy (non-hydrogen) atoms. The van der Waals surface area contributed by atoms with Gasteiger partial charge in [-0.25, -0.2) is 14.5 Å². The van der Waals surface area contributed by atoms with Crippen LogP contribution in [0.2, 0.25) is 0 Å². The van der Waals surface area contributed by atoms with Crippen LogP contribution in [0.4, 0.5) is 9.59 Å². The number of alkyl carbamates (subject to hydrolysis) is 1. The highest BCUT2D eigenvalue weighted by Crippen LogP contribution is 2.17. The minimum absolute atomic E-state index is 0.114. The lowest BCUT2D eigenvalue weighted by Crippen LogP contribution is -2.50.